The summed E-state index contributed by atoms with van der Waals surface area (Å²) >= 11 is 1.25. The standard InChI is InChI=1S/C22H15F3N4O3S/c23-13-3-1-12(2-4-13)15-10-33-21-20(15)22(32)29(11-27-21)9-19(31)26-8-18(30)28-14-5-6-16(24)17(25)7-14/h1-7,10-11H,8-9H2,(H,26,31)(H,28,30). The van der Waals surface area contributed by atoms with Crippen molar-refractivity contribution >= 4 is 39.1 Å². The number of halogens is 3. The number of carbonyl (C=O) groups excluding carboxylic acids is 2. The molecule has 0 bridgehead atoms. The van der Waals surface area contributed by atoms with Crippen LogP contribution in [0.2, 0.25) is 0 Å². The van der Waals surface area contributed by atoms with Crippen LogP contribution in [0.3, 0.4) is 0 Å². The van der Waals surface area contributed by atoms with Crippen molar-refractivity contribution in [1.29, 1.82) is 0 Å². The Morgan fingerprint density at radius 1 is 1.00 bits per heavy atom. The summed E-state index contributed by atoms with van der Waals surface area (Å²) in [7, 11) is 0. The fraction of sp³-hybridized carbons (Fsp3) is 0.0909. The van der Waals surface area contributed by atoms with Crippen molar-refractivity contribution in [2.45, 2.75) is 6.54 Å². The molecule has 0 radical (unpaired) electrons. The van der Waals surface area contributed by atoms with Crippen LogP contribution in [0.1, 0.15) is 0 Å². The number of aromatic nitrogens is 2. The van der Waals surface area contributed by atoms with Gasteiger partial charge in [0, 0.05) is 22.7 Å². The maximum absolute atomic E-state index is 13.2. The van der Waals surface area contributed by atoms with Crippen LogP contribution in [0.5, 0.6) is 0 Å². The Kier molecular flexibility index (Phi) is 6.22. The van der Waals surface area contributed by atoms with Gasteiger partial charge in [-0.05, 0) is 29.8 Å². The van der Waals surface area contributed by atoms with Gasteiger partial charge in [0.2, 0.25) is 11.8 Å². The van der Waals surface area contributed by atoms with E-state index in [1.807, 2.05) is 0 Å². The van der Waals surface area contributed by atoms with Gasteiger partial charge in [-0.1, -0.05) is 12.1 Å². The van der Waals surface area contributed by atoms with Crippen LogP contribution in [-0.4, -0.2) is 27.9 Å². The molecule has 0 saturated heterocycles. The SMILES string of the molecule is O=C(Cn1cnc2scc(-c3ccc(F)cc3)c2c1=O)NCC(=O)Nc1ccc(F)c(F)c1. The number of benzene rings is 2. The molecule has 33 heavy (non-hydrogen) atoms. The number of anilines is 1. The molecule has 4 rings (SSSR count). The zero-order valence-corrected chi connectivity index (χ0v) is 17.6. The van der Waals surface area contributed by atoms with Gasteiger partial charge in [-0.25, -0.2) is 18.2 Å². The molecule has 0 aliphatic heterocycles. The summed E-state index contributed by atoms with van der Waals surface area (Å²) in [6.07, 6.45) is 1.23. The van der Waals surface area contributed by atoms with Gasteiger partial charge in [-0.15, -0.1) is 11.3 Å². The van der Waals surface area contributed by atoms with Crippen LogP contribution in [0, 0.1) is 17.5 Å². The molecule has 2 amide bonds. The van der Waals surface area contributed by atoms with E-state index in [0.717, 1.165) is 16.7 Å². The van der Waals surface area contributed by atoms with Crippen LogP contribution < -0.4 is 16.2 Å². The van der Waals surface area contributed by atoms with Crippen molar-refractivity contribution in [3.8, 4) is 11.1 Å². The van der Waals surface area contributed by atoms with Crippen LogP contribution in [0.25, 0.3) is 21.3 Å². The molecule has 4 aromatic rings. The van der Waals surface area contributed by atoms with Gasteiger partial charge in [-0.3, -0.25) is 19.0 Å². The zero-order chi connectivity index (χ0) is 23.5. The van der Waals surface area contributed by atoms with E-state index in [2.05, 4.69) is 15.6 Å². The van der Waals surface area contributed by atoms with Gasteiger partial charge in [-0.2, -0.15) is 0 Å². The molecule has 7 nitrogen and oxygen atoms in total. The van der Waals surface area contributed by atoms with Crippen molar-refractivity contribution in [2.24, 2.45) is 0 Å². The fourth-order valence-corrected chi connectivity index (χ4v) is 4.00. The minimum absolute atomic E-state index is 0.0322. The number of hydrogen-bond acceptors (Lipinski definition) is 5. The third-order valence-electron chi connectivity index (χ3n) is 4.68. The molecule has 168 valence electrons. The topological polar surface area (TPSA) is 93.1 Å². The van der Waals surface area contributed by atoms with E-state index in [4.69, 9.17) is 0 Å². The Morgan fingerprint density at radius 2 is 1.76 bits per heavy atom. The number of hydrogen-bond donors (Lipinski definition) is 2. The lowest BCUT2D eigenvalue weighted by Crippen LogP contribution is -2.37. The summed E-state index contributed by atoms with van der Waals surface area (Å²) in [6, 6.07) is 8.52. The monoisotopic (exact) mass is 472 g/mol. The molecular formula is C22H15F3N4O3S. The Balaban J connectivity index is 1.44. The van der Waals surface area contributed by atoms with E-state index in [1.54, 1.807) is 17.5 Å². The maximum Gasteiger partial charge on any atom is 0.263 e. The van der Waals surface area contributed by atoms with Crippen molar-refractivity contribution < 1.29 is 22.8 Å². The zero-order valence-electron chi connectivity index (χ0n) is 16.8. The quantitative estimate of drug-likeness (QED) is 0.451. The molecule has 2 N–H and O–H groups in total. The second-order valence-corrected chi connectivity index (χ2v) is 7.83. The van der Waals surface area contributed by atoms with Gasteiger partial charge < -0.3 is 10.6 Å². The number of thiophene rings is 1. The number of rotatable bonds is 6. The first kappa shape index (κ1) is 22.2. The highest BCUT2D eigenvalue weighted by Crippen LogP contribution is 2.30. The first-order valence-corrected chi connectivity index (χ1v) is 10.4. The maximum atomic E-state index is 13.2. The Bertz CT molecular complexity index is 1420. The highest BCUT2D eigenvalue weighted by Gasteiger charge is 2.15. The fourth-order valence-electron chi connectivity index (χ4n) is 3.09. The van der Waals surface area contributed by atoms with E-state index in [0.29, 0.717) is 21.3 Å². The number of fused-ring (bicyclic) bond motifs is 1. The predicted molar refractivity (Wildman–Crippen MR) is 117 cm³/mol. The van der Waals surface area contributed by atoms with Gasteiger partial charge in [0.05, 0.1) is 18.3 Å². The Labute approximate surface area is 188 Å². The number of nitrogens with zero attached hydrogens (tertiary/aromatic N) is 2. The van der Waals surface area contributed by atoms with Gasteiger partial charge in [0.1, 0.15) is 17.2 Å². The molecule has 0 spiro atoms. The molecule has 2 aromatic heterocycles. The van der Waals surface area contributed by atoms with Crippen molar-refractivity contribution in [2.75, 3.05) is 11.9 Å². The summed E-state index contributed by atoms with van der Waals surface area (Å²) < 4.78 is 40.5. The van der Waals surface area contributed by atoms with Crippen molar-refractivity contribution in [3.63, 3.8) is 0 Å². The first-order chi connectivity index (χ1) is 15.8. The first-order valence-electron chi connectivity index (χ1n) is 9.56. The average molecular weight is 472 g/mol. The minimum atomic E-state index is -1.12. The molecule has 0 unspecified atom stereocenters. The number of carbonyl (C=O) groups is 2. The van der Waals surface area contributed by atoms with Gasteiger partial charge in [0.25, 0.3) is 5.56 Å². The smallest absolute Gasteiger partial charge is 0.263 e. The summed E-state index contributed by atoms with van der Waals surface area (Å²) in [6.45, 7) is -0.833. The van der Waals surface area contributed by atoms with Crippen LogP contribution >= 0.6 is 11.3 Å². The summed E-state index contributed by atoms with van der Waals surface area (Å²) in [4.78, 5) is 41.8. The minimum Gasteiger partial charge on any atom is -0.345 e. The molecule has 0 aliphatic carbocycles. The highest BCUT2D eigenvalue weighted by molar-refractivity contribution is 7.17. The van der Waals surface area contributed by atoms with Crippen LogP contribution in [0.4, 0.5) is 18.9 Å². The molecule has 0 fully saturated rings. The Morgan fingerprint density at radius 3 is 2.48 bits per heavy atom. The molecule has 0 atom stereocenters. The lowest BCUT2D eigenvalue weighted by Gasteiger charge is -2.09. The summed E-state index contributed by atoms with van der Waals surface area (Å²) in [5.41, 5.74) is 0.789. The van der Waals surface area contributed by atoms with E-state index in [1.165, 1.54) is 35.9 Å². The third-order valence-corrected chi connectivity index (χ3v) is 5.57. The second kappa shape index (κ2) is 9.25. The number of amides is 2. The highest BCUT2D eigenvalue weighted by atomic mass is 32.1. The van der Waals surface area contributed by atoms with Gasteiger partial charge in [0.15, 0.2) is 11.6 Å². The van der Waals surface area contributed by atoms with Gasteiger partial charge >= 0.3 is 0 Å². The normalized spacial score (nSPS) is 10.9. The Hall–Kier alpha value is -3.99. The largest absolute Gasteiger partial charge is 0.345 e. The molecule has 0 saturated carbocycles. The lowest BCUT2D eigenvalue weighted by atomic mass is 10.1. The van der Waals surface area contributed by atoms with E-state index in [-0.39, 0.29) is 12.2 Å². The van der Waals surface area contributed by atoms with E-state index in [9.17, 15) is 27.6 Å². The van der Waals surface area contributed by atoms with Crippen LogP contribution in [0.15, 0.2) is 59.0 Å². The van der Waals surface area contributed by atoms with Crippen molar-refractivity contribution in [1.82, 2.24) is 14.9 Å². The van der Waals surface area contributed by atoms with Crippen LogP contribution in [-0.2, 0) is 16.1 Å². The second-order valence-electron chi connectivity index (χ2n) is 6.97. The van der Waals surface area contributed by atoms with E-state index >= 15 is 0 Å². The summed E-state index contributed by atoms with van der Waals surface area (Å²) in [5, 5.41) is 6.72. The lowest BCUT2D eigenvalue weighted by molar-refractivity contribution is -0.124. The molecule has 2 aromatic carbocycles. The molecular weight excluding hydrogens is 457 g/mol. The predicted octanol–water partition coefficient (Wildman–Crippen LogP) is 3.30. The molecule has 11 heteroatoms. The third kappa shape index (κ3) is 4.93. The van der Waals surface area contributed by atoms with Crippen molar-refractivity contribution in [3.05, 3.63) is 82.0 Å². The number of nitrogens with one attached hydrogen (secondary N) is 2. The molecule has 0 aliphatic rings. The van der Waals surface area contributed by atoms with E-state index < -0.39 is 41.4 Å². The summed E-state index contributed by atoms with van der Waals surface area (Å²) in [5.74, 6) is -3.86. The average Bonchev–Trinajstić information content (AvgIpc) is 3.22. The molecule has 2 heterocycles.